The van der Waals surface area contributed by atoms with Gasteiger partial charge in [-0.05, 0) is 27.2 Å². The van der Waals surface area contributed by atoms with Crippen molar-refractivity contribution in [3.05, 3.63) is 0 Å². The van der Waals surface area contributed by atoms with E-state index in [1.54, 1.807) is 20.8 Å². The van der Waals surface area contributed by atoms with Crippen molar-refractivity contribution in [1.29, 1.82) is 0 Å². The molecule has 1 amide bonds. The van der Waals surface area contributed by atoms with Crippen LogP contribution in [0.1, 0.15) is 27.2 Å². The summed E-state index contributed by atoms with van der Waals surface area (Å²) in [7, 11) is 0. The van der Waals surface area contributed by atoms with Crippen LogP contribution >= 0.6 is 0 Å². The Kier molecular flexibility index (Phi) is 4.35. The second-order valence-corrected chi connectivity index (χ2v) is 5.37. The molecule has 4 N–H and O–H groups in total. The topological polar surface area (TPSA) is 93.8 Å². The molecule has 0 saturated carbocycles. The third kappa shape index (κ3) is 3.83. The zero-order valence-corrected chi connectivity index (χ0v) is 10.7. The number of nitrogens with two attached hydrogens (primary N) is 1. The minimum atomic E-state index is -0.725. The Bertz CT molecular complexity index is 269. The summed E-state index contributed by atoms with van der Waals surface area (Å²) in [5, 5.41) is 11.9. The van der Waals surface area contributed by atoms with E-state index in [2.05, 4.69) is 5.32 Å². The van der Waals surface area contributed by atoms with Crippen molar-refractivity contribution < 1.29 is 19.4 Å². The van der Waals surface area contributed by atoms with E-state index in [1.807, 2.05) is 0 Å². The SMILES string of the molecule is CC(C)(C)OC(=O)NC1([C@H](N)CO)CCOC1. The number of alkyl carbamates (subject to hydrolysis) is 1. The van der Waals surface area contributed by atoms with Gasteiger partial charge >= 0.3 is 6.09 Å². The Hall–Kier alpha value is -0.850. The number of ether oxygens (including phenoxy) is 2. The summed E-state index contributed by atoms with van der Waals surface area (Å²) in [6.07, 6.45) is 0.0421. The fourth-order valence-corrected chi connectivity index (χ4v) is 1.75. The second-order valence-electron chi connectivity index (χ2n) is 5.37. The minimum absolute atomic E-state index is 0.209. The van der Waals surface area contributed by atoms with Crippen LogP contribution in [0, 0.1) is 0 Å². The van der Waals surface area contributed by atoms with E-state index in [4.69, 9.17) is 20.3 Å². The molecule has 1 saturated heterocycles. The number of nitrogens with one attached hydrogen (secondary N) is 1. The van der Waals surface area contributed by atoms with Gasteiger partial charge in [-0.3, -0.25) is 0 Å². The molecule has 6 nitrogen and oxygen atoms in total. The largest absolute Gasteiger partial charge is 0.444 e. The van der Waals surface area contributed by atoms with Crippen molar-refractivity contribution in [2.75, 3.05) is 19.8 Å². The fraction of sp³-hybridized carbons (Fsp3) is 0.909. The van der Waals surface area contributed by atoms with Gasteiger partial charge in [0.1, 0.15) is 5.60 Å². The highest BCUT2D eigenvalue weighted by molar-refractivity contribution is 5.69. The predicted molar refractivity (Wildman–Crippen MR) is 62.6 cm³/mol. The Labute approximate surface area is 101 Å². The van der Waals surface area contributed by atoms with Gasteiger partial charge in [-0.1, -0.05) is 0 Å². The van der Waals surface area contributed by atoms with Crippen LogP contribution in [0.15, 0.2) is 0 Å². The van der Waals surface area contributed by atoms with E-state index in [0.717, 1.165) is 0 Å². The maximum atomic E-state index is 11.7. The van der Waals surface area contributed by atoms with E-state index in [0.29, 0.717) is 19.6 Å². The first kappa shape index (κ1) is 14.2. The lowest BCUT2D eigenvalue weighted by Crippen LogP contribution is -2.62. The van der Waals surface area contributed by atoms with Gasteiger partial charge < -0.3 is 25.6 Å². The summed E-state index contributed by atoms with van der Waals surface area (Å²) in [4.78, 5) is 11.7. The Balaban J connectivity index is 2.65. The maximum absolute atomic E-state index is 11.7. The first-order valence-corrected chi connectivity index (χ1v) is 5.74. The van der Waals surface area contributed by atoms with Crippen LogP contribution in [0.2, 0.25) is 0 Å². The van der Waals surface area contributed by atoms with Gasteiger partial charge in [-0.25, -0.2) is 4.79 Å². The molecule has 6 heteroatoms. The number of amides is 1. The van der Waals surface area contributed by atoms with Gasteiger partial charge in [0.05, 0.1) is 24.8 Å². The third-order valence-electron chi connectivity index (χ3n) is 2.71. The fourth-order valence-electron chi connectivity index (χ4n) is 1.75. The molecule has 2 atom stereocenters. The molecule has 100 valence electrons. The third-order valence-corrected chi connectivity index (χ3v) is 2.71. The molecule has 0 aromatic rings. The molecule has 0 spiro atoms. The number of carbonyl (C=O) groups is 1. The number of carbonyl (C=O) groups excluding carboxylic acids is 1. The van der Waals surface area contributed by atoms with Gasteiger partial charge in [-0.15, -0.1) is 0 Å². The summed E-state index contributed by atoms with van der Waals surface area (Å²) >= 11 is 0. The molecule has 0 aliphatic carbocycles. The molecular formula is C11H22N2O4. The van der Waals surface area contributed by atoms with E-state index < -0.39 is 23.3 Å². The average molecular weight is 246 g/mol. The smallest absolute Gasteiger partial charge is 0.408 e. The van der Waals surface area contributed by atoms with E-state index in [9.17, 15) is 4.79 Å². The molecule has 1 rings (SSSR count). The molecule has 0 aromatic heterocycles. The number of rotatable bonds is 3. The van der Waals surface area contributed by atoms with Crippen molar-refractivity contribution >= 4 is 6.09 Å². The molecule has 1 aliphatic rings. The molecule has 1 aliphatic heterocycles. The monoisotopic (exact) mass is 246 g/mol. The highest BCUT2D eigenvalue weighted by Gasteiger charge is 2.42. The molecule has 0 aromatic carbocycles. The number of hydrogen-bond donors (Lipinski definition) is 3. The van der Waals surface area contributed by atoms with Crippen molar-refractivity contribution in [2.45, 2.75) is 44.4 Å². The molecule has 1 fully saturated rings. The van der Waals surface area contributed by atoms with Crippen molar-refractivity contribution in [3.8, 4) is 0 Å². The van der Waals surface area contributed by atoms with Crippen molar-refractivity contribution in [3.63, 3.8) is 0 Å². The minimum Gasteiger partial charge on any atom is -0.444 e. The summed E-state index contributed by atoms with van der Waals surface area (Å²) in [5.41, 5.74) is 4.54. The zero-order chi connectivity index (χ0) is 13.1. The average Bonchev–Trinajstić information content (AvgIpc) is 2.63. The Morgan fingerprint density at radius 1 is 1.65 bits per heavy atom. The van der Waals surface area contributed by atoms with Crippen LogP contribution < -0.4 is 11.1 Å². The zero-order valence-electron chi connectivity index (χ0n) is 10.7. The van der Waals surface area contributed by atoms with Gasteiger partial charge in [-0.2, -0.15) is 0 Å². The first-order chi connectivity index (χ1) is 7.79. The number of aliphatic hydroxyl groups excluding tert-OH is 1. The normalized spacial score (nSPS) is 26.6. The first-order valence-electron chi connectivity index (χ1n) is 5.74. The van der Waals surface area contributed by atoms with Crippen molar-refractivity contribution in [2.24, 2.45) is 5.73 Å². The molecular weight excluding hydrogens is 224 g/mol. The van der Waals surface area contributed by atoms with Gasteiger partial charge in [0, 0.05) is 6.61 Å². The van der Waals surface area contributed by atoms with Gasteiger partial charge in [0.25, 0.3) is 0 Å². The van der Waals surface area contributed by atoms with Crippen LogP contribution in [0.3, 0.4) is 0 Å². The molecule has 0 bridgehead atoms. The standard InChI is InChI=1S/C11H22N2O4/c1-10(2,3)17-9(15)13-11(8(12)6-14)4-5-16-7-11/h8,14H,4-7,12H2,1-3H3,(H,13,15)/t8-,11?/m1/s1. The van der Waals surface area contributed by atoms with Crippen LogP contribution in [-0.4, -0.2) is 48.2 Å². The summed E-state index contributed by atoms with van der Waals surface area (Å²) in [6.45, 7) is 5.97. The van der Waals surface area contributed by atoms with E-state index in [-0.39, 0.29) is 6.61 Å². The molecule has 1 heterocycles. The van der Waals surface area contributed by atoms with Crippen LogP contribution in [-0.2, 0) is 9.47 Å². The highest BCUT2D eigenvalue weighted by Crippen LogP contribution is 2.22. The maximum Gasteiger partial charge on any atom is 0.408 e. The number of aliphatic hydroxyl groups is 1. The number of hydrogen-bond acceptors (Lipinski definition) is 5. The summed E-state index contributed by atoms with van der Waals surface area (Å²) < 4.78 is 10.4. The second kappa shape index (κ2) is 5.20. The summed E-state index contributed by atoms with van der Waals surface area (Å²) in [5.74, 6) is 0. The van der Waals surface area contributed by atoms with Crippen LogP contribution in [0.25, 0.3) is 0 Å². The van der Waals surface area contributed by atoms with Crippen LogP contribution in [0.4, 0.5) is 4.79 Å². The summed E-state index contributed by atoms with van der Waals surface area (Å²) in [6, 6.07) is -0.558. The lowest BCUT2D eigenvalue weighted by Gasteiger charge is -2.34. The van der Waals surface area contributed by atoms with E-state index in [1.165, 1.54) is 0 Å². The van der Waals surface area contributed by atoms with Gasteiger partial charge in [0.2, 0.25) is 0 Å². The predicted octanol–water partition coefficient (Wildman–Crippen LogP) is -0.0102. The van der Waals surface area contributed by atoms with Crippen LogP contribution in [0.5, 0.6) is 0 Å². The van der Waals surface area contributed by atoms with Crippen molar-refractivity contribution in [1.82, 2.24) is 5.32 Å². The molecule has 0 radical (unpaired) electrons. The Morgan fingerprint density at radius 3 is 2.71 bits per heavy atom. The lowest BCUT2D eigenvalue weighted by molar-refractivity contribution is 0.0395. The lowest BCUT2D eigenvalue weighted by atomic mass is 9.90. The molecule has 17 heavy (non-hydrogen) atoms. The van der Waals surface area contributed by atoms with Gasteiger partial charge in [0.15, 0.2) is 0 Å². The quantitative estimate of drug-likeness (QED) is 0.651. The van der Waals surface area contributed by atoms with E-state index >= 15 is 0 Å². The highest BCUT2D eigenvalue weighted by atomic mass is 16.6. The Morgan fingerprint density at radius 2 is 2.29 bits per heavy atom. The molecule has 1 unspecified atom stereocenters.